The van der Waals surface area contributed by atoms with Crippen LogP contribution in [0.2, 0.25) is 0 Å². The smallest absolute Gasteiger partial charge is 0.245 e. The van der Waals surface area contributed by atoms with Crippen LogP contribution in [0.15, 0.2) is 60.7 Å². The number of rotatable bonds is 6. The van der Waals surface area contributed by atoms with Crippen molar-refractivity contribution in [1.29, 1.82) is 0 Å². The largest absolute Gasteiger partial charge is 0.476 e. The van der Waals surface area contributed by atoms with Gasteiger partial charge in [0.25, 0.3) is 0 Å². The minimum absolute atomic E-state index is 0.280. The number of hydrogen-bond donors (Lipinski definition) is 1. The lowest BCUT2D eigenvalue weighted by molar-refractivity contribution is 0.330. The van der Waals surface area contributed by atoms with E-state index in [2.05, 4.69) is 20.3 Å². The van der Waals surface area contributed by atoms with Crippen molar-refractivity contribution in [3.63, 3.8) is 0 Å². The fourth-order valence-electron chi connectivity index (χ4n) is 2.87. The van der Waals surface area contributed by atoms with Gasteiger partial charge in [0.15, 0.2) is 5.52 Å². The van der Waals surface area contributed by atoms with Crippen molar-refractivity contribution in [2.24, 2.45) is 0 Å². The van der Waals surface area contributed by atoms with Gasteiger partial charge in [-0.15, -0.1) is 0 Å². The maximum absolute atomic E-state index is 13.2. The molecule has 4 rings (SSSR count). The molecule has 4 aromatic rings. The molecule has 0 saturated carbocycles. The minimum Gasteiger partial charge on any atom is -0.476 e. The van der Waals surface area contributed by atoms with Crippen LogP contribution >= 0.6 is 0 Å². The van der Waals surface area contributed by atoms with Crippen LogP contribution in [0.4, 0.5) is 14.7 Å². The zero-order valence-corrected chi connectivity index (χ0v) is 15.7. The van der Waals surface area contributed by atoms with Gasteiger partial charge >= 0.3 is 0 Å². The van der Waals surface area contributed by atoms with Crippen molar-refractivity contribution in [2.45, 2.75) is 13.5 Å². The Bertz CT molecular complexity index is 1130. The average molecular weight is 392 g/mol. The van der Waals surface area contributed by atoms with E-state index in [1.165, 1.54) is 24.3 Å². The Morgan fingerprint density at radius 3 is 2.21 bits per heavy atom. The van der Waals surface area contributed by atoms with Gasteiger partial charge in [-0.1, -0.05) is 12.1 Å². The topological polar surface area (TPSA) is 59.9 Å². The van der Waals surface area contributed by atoms with Crippen LogP contribution < -0.4 is 10.1 Å². The standard InChI is InChI=1S/C22H18F2N4O/c1-2-29-21-20-19(12-11-18(26-20)15-5-9-17(24)10-6-15)27-22(28-21)25-13-14-3-7-16(23)8-4-14/h3-12H,2,13H2,1H3,(H,25,27,28). The van der Waals surface area contributed by atoms with Gasteiger partial charge in [-0.2, -0.15) is 4.98 Å². The van der Waals surface area contributed by atoms with Gasteiger partial charge < -0.3 is 10.1 Å². The van der Waals surface area contributed by atoms with E-state index in [1.807, 2.05) is 19.1 Å². The van der Waals surface area contributed by atoms with E-state index in [9.17, 15) is 8.78 Å². The zero-order valence-electron chi connectivity index (χ0n) is 15.7. The molecule has 0 saturated heterocycles. The van der Waals surface area contributed by atoms with Crippen LogP contribution in [0, 0.1) is 11.6 Å². The Morgan fingerprint density at radius 1 is 0.828 bits per heavy atom. The first-order chi connectivity index (χ1) is 14.1. The summed E-state index contributed by atoms with van der Waals surface area (Å²) in [7, 11) is 0. The van der Waals surface area contributed by atoms with Gasteiger partial charge in [-0.3, -0.25) is 0 Å². The van der Waals surface area contributed by atoms with E-state index in [0.29, 0.717) is 41.7 Å². The summed E-state index contributed by atoms with van der Waals surface area (Å²) in [5.41, 5.74) is 3.51. The molecule has 2 heterocycles. The van der Waals surface area contributed by atoms with Crippen LogP contribution in [0.3, 0.4) is 0 Å². The number of nitrogens with zero attached hydrogens (tertiary/aromatic N) is 3. The van der Waals surface area contributed by atoms with Crippen molar-refractivity contribution in [2.75, 3.05) is 11.9 Å². The first kappa shape index (κ1) is 18.7. The second kappa shape index (κ2) is 8.18. The summed E-state index contributed by atoms with van der Waals surface area (Å²) in [5.74, 6) is 0.173. The van der Waals surface area contributed by atoms with Crippen LogP contribution in [0.1, 0.15) is 12.5 Å². The Kier molecular flexibility index (Phi) is 5.29. The van der Waals surface area contributed by atoms with Gasteiger partial charge in [0.1, 0.15) is 11.6 Å². The molecular formula is C22H18F2N4O. The van der Waals surface area contributed by atoms with E-state index in [0.717, 1.165) is 11.1 Å². The molecular weight excluding hydrogens is 374 g/mol. The van der Waals surface area contributed by atoms with Crippen molar-refractivity contribution < 1.29 is 13.5 Å². The molecule has 0 spiro atoms. The number of pyridine rings is 1. The molecule has 0 bridgehead atoms. The van der Waals surface area contributed by atoms with E-state index in [-0.39, 0.29) is 11.6 Å². The molecule has 0 unspecified atom stereocenters. The van der Waals surface area contributed by atoms with Crippen molar-refractivity contribution >= 4 is 17.0 Å². The molecule has 146 valence electrons. The van der Waals surface area contributed by atoms with Gasteiger partial charge in [0.05, 0.1) is 17.8 Å². The third kappa shape index (κ3) is 4.29. The summed E-state index contributed by atoms with van der Waals surface area (Å²) in [6, 6.07) is 16.0. The Balaban J connectivity index is 1.66. The summed E-state index contributed by atoms with van der Waals surface area (Å²) in [6.07, 6.45) is 0. The summed E-state index contributed by atoms with van der Waals surface area (Å²) >= 11 is 0. The number of anilines is 1. The summed E-state index contributed by atoms with van der Waals surface area (Å²) in [4.78, 5) is 13.6. The molecule has 1 N–H and O–H groups in total. The molecule has 5 nitrogen and oxygen atoms in total. The Morgan fingerprint density at radius 2 is 1.52 bits per heavy atom. The molecule has 0 atom stereocenters. The minimum atomic E-state index is -0.301. The number of halogens is 2. The molecule has 2 aromatic carbocycles. The predicted octanol–water partition coefficient (Wildman–Crippen LogP) is 4.98. The van der Waals surface area contributed by atoms with E-state index >= 15 is 0 Å². The highest BCUT2D eigenvalue weighted by molar-refractivity contribution is 5.83. The third-order valence-corrected chi connectivity index (χ3v) is 4.30. The van der Waals surface area contributed by atoms with Crippen LogP contribution in [-0.2, 0) is 6.54 Å². The summed E-state index contributed by atoms with van der Waals surface area (Å²) < 4.78 is 31.9. The number of benzene rings is 2. The molecule has 0 radical (unpaired) electrons. The maximum atomic E-state index is 13.2. The highest BCUT2D eigenvalue weighted by Gasteiger charge is 2.12. The lowest BCUT2D eigenvalue weighted by atomic mass is 10.1. The van der Waals surface area contributed by atoms with Gasteiger partial charge in [-0.25, -0.2) is 18.7 Å². The molecule has 0 fully saturated rings. The second-order valence-electron chi connectivity index (χ2n) is 6.34. The van der Waals surface area contributed by atoms with E-state index in [4.69, 9.17) is 4.74 Å². The normalized spacial score (nSPS) is 10.9. The molecule has 2 aromatic heterocycles. The predicted molar refractivity (Wildman–Crippen MR) is 108 cm³/mol. The van der Waals surface area contributed by atoms with Crippen LogP contribution in [0.5, 0.6) is 5.88 Å². The Labute approximate surface area is 166 Å². The monoisotopic (exact) mass is 392 g/mol. The highest BCUT2D eigenvalue weighted by atomic mass is 19.1. The summed E-state index contributed by atoms with van der Waals surface area (Å²) in [6.45, 7) is 2.73. The molecule has 29 heavy (non-hydrogen) atoms. The van der Waals surface area contributed by atoms with Gasteiger partial charge in [0.2, 0.25) is 11.8 Å². The molecule has 0 aliphatic heterocycles. The van der Waals surface area contributed by atoms with Gasteiger partial charge in [-0.05, 0) is 61.0 Å². The quantitative estimate of drug-likeness (QED) is 0.501. The molecule has 0 amide bonds. The van der Waals surface area contributed by atoms with Gasteiger partial charge in [0, 0.05) is 12.1 Å². The van der Waals surface area contributed by atoms with Crippen molar-refractivity contribution in [3.8, 4) is 17.1 Å². The molecule has 0 aliphatic carbocycles. The fraction of sp³-hybridized carbons (Fsp3) is 0.136. The van der Waals surface area contributed by atoms with E-state index in [1.54, 1.807) is 24.3 Å². The lowest BCUT2D eigenvalue weighted by Crippen LogP contribution is -2.07. The first-order valence-electron chi connectivity index (χ1n) is 9.18. The van der Waals surface area contributed by atoms with Crippen LogP contribution in [-0.4, -0.2) is 21.6 Å². The highest BCUT2D eigenvalue weighted by Crippen LogP contribution is 2.26. The number of hydrogen-bond acceptors (Lipinski definition) is 5. The van der Waals surface area contributed by atoms with E-state index < -0.39 is 0 Å². The summed E-state index contributed by atoms with van der Waals surface area (Å²) in [5, 5.41) is 3.13. The lowest BCUT2D eigenvalue weighted by Gasteiger charge is -2.11. The van der Waals surface area contributed by atoms with Crippen molar-refractivity contribution in [3.05, 3.63) is 77.9 Å². The number of aromatic nitrogens is 3. The SMILES string of the molecule is CCOc1nc(NCc2ccc(F)cc2)nc2ccc(-c3ccc(F)cc3)nc12. The molecule has 7 heteroatoms. The maximum Gasteiger partial charge on any atom is 0.245 e. The number of fused-ring (bicyclic) bond motifs is 1. The first-order valence-corrected chi connectivity index (χ1v) is 9.18. The fourth-order valence-corrected chi connectivity index (χ4v) is 2.87. The molecule has 0 aliphatic rings. The number of ether oxygens (including phenoxy) is 1. The Hall–Kier alpha value is -3.61. The second-order valence-corrected chi connectivity index (χ2v) is 6.34. The zero-order chi connectivity index (χ0) is 20.2. The third-order valence-electron chi connectivity index (χ3n) is 4.30. The van der Waals surface area contributed by atoms with Crippen LogP contribution in [0.25, 0.3) is 22.3 Å². The average Bonchev–Trinajstić information content (AvgIpc) is 2.74. The van der Waals surface area contributed by atoms with Crippen molar-refractivity contribution in [1.82, 2.24) is 15.0 Å². The number of nitrogens with one attached hydrogen (secondary N) is 1.